The number of allylic oxidation sites excluding steroid dienone is 1. The van der Waals surface area contributed by atoms with Gasteiger partial charge in [0.15, 0.2) is 0 Å². The normalized spacial score (nSPS) is 15.3. The van der Waals surface area contributed by atoms with Crippen LogP contribution in [0.2, 0.25) is 0 Å². The first-order valence-electron chi connectivity index (χ1n) is 2.18. The molecule has 2 heteroatoms. The SMILES string of the molecule is CC=CC(O)CCl. The Hall–Kier alpha value is -0.0100. The van der Waals surface area contributed by atoms with E-state index < -0.39 is 6.10 Å². The van der Waals surface area contributed by atoms with Crippen LogP contribution in [0.1, 0.15) is 6.92 Å². The van der Waals surface area contributed by atoms with Gasteiger partial charge in [-0.05, 0) is 6.92 Å². The molecule has 1 atom stereocenters. The van der Waals surface area contributed by atoms with E-state index in [1.807, 2.05) is 6.92 Å². The molecule has 0 saturated heterocycles. The molecule has 0 spiro atoms. The molecule has 42 valence electrons. The van der Waals surface area contributed by atoms with Crippen molar-refractivity contribution >= 4 is 11.6 Å². The lowest BCUT2D eigenvalue weighted by atomic mass is 10.4. The minimum Gasteiger partial charge on any atom is -0.388 e. The highest BCUT2D eigenvalue weighted by Gasteiger charge is 1.89. The third kappa shape index (κ3) is 3.83. The van der Waals surface area contributed by atoms with Crippen LogP contribution in [0.4, 0.5) is 0 Å². The van der Waals surface area contributed by atoms with Crippen molar-refractivity contribution in [2.45, 2.75) is 13.0 Å². The van der Waals surface area contributed by atoms with E-state index in [4.69, 9.17) is 16.7 Å². The predicted molar refractivity (Wildman–Crippen MR) is 31.5 cm³/mol. The molecule has 0 saturated carbocycles. The van der Waals surface area contributed by atoms with Crippen LogP contribution in [0.5, 0.6) is 0 Å². The Kier molecular flexibility index (Phi) is 4.15. The van der Waals surface area contributed by atoms with Gasteiger partial charge >= 0.3 is 0 Å². The molecule has 0 aromatic carbocycles. The summed E-state index contributed by atoms with van der Waals surface area (Å²) in [6.07, 6.45) is 2.95. The minimum atomic E-state index is -0.466. The zero-order valence-electron chi connectivity index (χ0n) is 4.26. The molecule has 0 aliphatic heterocycles. The second kappa shape index (κ2) is 4.16. The highest BCUT2D eigenvalue weighted by Crippen LogP contribution is 1.87. The van der Waals surface area contributed by atoms with Gasteiger partial charge in [-0.1, -0.05) is 12.2 Å². The van der Waals surface area contributed by atoms with Crippen molar-refractivity contribution in [2.24, 2.45) is 0 Å². The number of hydrogen-bond acceptors (Lipinski definition) is 1. The van der Waals surface area contributed by atoms with Crippen LogP contribution in [0, 0.1) is 0 Å². The van der Waals surface area contributed by atoms with Crippen molar-refractivity contribution in [1.82, 2.24) is 0 Å². The van der Waals surface area contributed by atoms with E-state index in [-0.39, 0.29) is 5.88 Å². The molecule has 0 aromatic heterocycles. The summed E-state index contributed by atoms with van der Waals surface area (Å²) in [5.74, 6) is 0.282. The maximum Gasteiger partial charge on any atom is 0.0856 e. The molecule has 1 N–H and O–H groups in total. The Morgan fingerprint density at radius 3 is 2.57 bits per heavy atom. The number of rotatable bonds is 2. The quantitative estimate of drug-likeness (QED) is 0.428. The molecule has 0 fully saturated rings. The molecule has 1 nitrogen and oxygen atoms in total. The van der Waals surface area contributed by atoms with Gasteiger partial charge in [0.1, 0.15) is 0 Å². The lowest BCUT2D eigenvalue weighted by molar-refractivity contribution is 0.247. The molecule has 0 aliphatic rings. The highest BCUT2D eigenvalue weighted by atomic mass is 35.5. The van der Waals surface area contributed by atoms with Crippen LogP contribution in [0.3, 0.4) is 0 Å². The van der Waals surface area contributed by atoms with E-state index in [9.17, 15) is 0 Å². The molecule has 0 rings (SSSR count). The van der Waals surface area contributed by atoms with Crippen molar-refractivity contribution in [3.05, 3.63) is 12.2 Å². The van der Waals surface area contributed by atoms with Crippen LogP contribution >= 0.6 is 11.6 Å². The summed E-state index contributed by atoms with van der Waals surface area (Å²) in [5, 5.41) is 8.64. The molecular formula is C5H9ClO. The van der Waals surface area contributed by atoms with Crippen LogP contribution in [0.25, 0.3) is 0 Å². The molecule has 1 unspecified atom stereocenters. The zero-order chi connectivity index (χ0) is 5.70. The number of aliphatic hydroxyl groups excluding tert-OH is 1. The summed E-state index contributed by atoms with van der Waals surface area (Å²) in [4.78, 5) is 0. The number of aliphatic hydroxyl groups is 1. The standard InChI is InChI=1S/C5H9ClO/c1-2-3-5(7)4-6/h2-3,5,7H,4H2,1H3. The molecule has 0 bridgehead atoms. The highest BCUT2D eigenvalue weighted by molar-refractivity contribution is 6.18. The fraction of sp³-hybridized carbons (Fsp3) is 0.600. The van der Waals surface area contributed by atoms with E-state index in [1.165, 1.54) is 0 Å². The lowest BCUT2D eigenvalue weighted by Crippen LogP contribution is -2.01. The molecule has 7 heavy (non-hydrogen) atoms. The van der Waals surface area contributed by atoms with Crippen LogP contribution in [-0.4, -0.2) is 17.1 Å². The predicted octanol–water partition coefficient (Wildman–Crippen LogP) is 1.16. The van der Waals surface area contributed by atoms with E-state index in [0.717, 1.165) is 0 Å². The topological polar surface area (TPSA) is 20.2 Å². The van der Waals surface area contributed by atoms with Gasteiger partial charge in [-0.2, -0.15) is 0 Å². The van der Waals surface area contributed by atoms with Crippen molar-refractivity contribution in [3.8, 4) is 0 Å². The van der Waals surface area contributed by atoms with Gasteiger partial charge < -0.3 is 5.11 Å². The second-order valence-electron chi connectivity index (χ2n) is 1.25. The Bertz CT molecular complexity index is 61.1. The summed E-state index contributed by atoms with van der Waals surface area (Å²) in [6, 6.07) is 0. The Balaban J connectivity index is 3.16. The zero-order valence-corrected chi connectivity index (χ0v) is 5.02. The van der Waals surface area contributed by atoms with Crippen molar-refractivity contribution in [1.29, 1.82) is 0 Å². The van der Waals surface area contributed by atoms with Gasteiger partial charge in [0.25, 0.3) is 0 Å². The summed E-state index contributed by atoms with van der Waals surface area (Å²) in [7, 11) is 0. The average molecular weight is 121 g/mol. The van der Waals surface area contributed by atoms with Crippen molar-refractivity contribution < 1.29 is 5.11 Å². The first kappa shape index (κ1) is 6.99. The van der Waals surface area contributed by atoms with E-state index in [0.29, 0.717) is 0 Å². The fourth-order valence-corrected chi connectivity index (χ4v) is 0.376. The van der Waals surface area contributed by atoms with Gasteiger partial charge in [-0.3, -0.25) is 0 Å². The van der Waals surface area contributed by atoms with Crippen LogP contribution in [-0.2, 0) is 0 Å². The second-order valence-corrected chi connectivity index (χ2v) is 1.56. The van der Waals surface area contributed by atoms with E-state index >= 15 is 0 Å². The lowest BCUT2D eigenvalue weighted by Gasteiger charge is -1.93. The van der Waals surface area contributed by atoms with E-state index in [1.54, 1.807) is 12.2 Å². The molecule has 0 amide bonds. The minimum absolute atomic E-state index is 0.282. The fourth-order valence-electron chi connectivity index (χ4n) is 0.274. The molecule has 0 aromatic rings. The molecule has 0 aliphatic carbocycles. The maximum absolute atomic E-state index is 8.64. The van der Waals surface area contributed by atoms with Crippen LogP contribution < -0.4 is 0 Å². The summed E-state index contributed by atoms with van der Waals surface area (Å²) in [6.45, 7) is 1.84. The third-order valence-electron chi connectivity index (χ3n) is 0.573. The number of hydrogen-bond donors (Lipinski definition) is 1. The Morgan fingerprint density at radius 2 is 2.43 bits per heavy atom. The van der Waals surface area contributed by atoms with Gasteiger partial charge in [-0.25, -0.2) is 0 Å². The third-order valence-corrected chi connectivity index (χ3v) is 0.889. The number of alkyl halides is 1. The summed E-state index contributed by atoms with van der Waals surface area (Å²) in [5.41, 5.74) is 0. The van der Waals surface area contributed by atoms with Crippen LogP contribution in [0.15, 0.2) is 12.2 Å². The summed E-state index contributed by atoms with van der Waals surface area (Å²) >= 11 is 5.23. The monoisotopic (exact) mass is 120 g/mol. The Morgan fingerprint density at radius 1 is 1.86 bits per heavy atom. The summed E-state index contributed by atoms with van der Waals surface area (Å²) < 4.78 is 0. The van der Waals surface area contributed by atoms with Gasteiger partial charge in [0, 0.05) is 0 Å². The molecule has 0 heterocycles. The van der Waals surface area contributed by atoms with Crippen molar-refractivity contribution in [3.63, 3.8) is 0 Å². The average Bonchev–Trinajstić information content (AvgIpc) is 1.68. The van der Waals surface area contributed by atoms with Crippen molar-refractivity contribution in [2.75, 3.05) is 5.88 Å². The smallest absolute Gasteiger partial charge is 0.0856 e. The number of halogens is 1. The van der Waals surface area contributed by atoms with Gasteiger partial charge in [0.2, 0.25) is 0 Å². The Labute approximate surface area is 48.6 Å². The van der Waals surface area contributed by atoms with E-state index in [2.05, 4.69) is 0 Å². The van der Waals surface area contributed by atoms with Gasteiger partial charge in [-0.15, -0.1) is 11.6 Å². The first-order valence-corrected chi connectivity index (χ1v) is 2.71. The molecule has 0 radical (unpaired) electrons. The van der Waals surface area contributed by atoms with Gasteiger partial charge in [0.05, 0.1) is 12.0 Å². The first-order chi connectivity index (χ1) is 3.31. The molecular weight excluding hydrogens is 112 g/mol. The largest absolute Gasteiger partial charge is 0.388 e. The maximum atomic E-state index is 8.64.